The molecule has 0 saturated carbocycles. The summed E-state index contributed by atoms with van der Waals surface area (Å²) in [7, 11) is 0. The van der Waals surface area contributed by atoms with Crippen molar-refractivity contribution in [3.05, 3.63) is 30.9 Å². The van der Waals surface area contributed by atoms with Gasteiger partial charge in [-0.05, 0) is 16.4 Å². The van der Waals surface area contributed by atoms with Crippen LogP contribution >= 0.6 is 0 Å². The Labute approximate surface area is 147 Å². The fraction of sp³-hybridized carbons (Fsp3) is 0. The van der Waals surface area contributed by atoms with Crippen LogP contribution in [0.15, 0.2) is 44.5 Å². The first-order valence-electron chi connectivity index (χ1n) is 7.65. The Hall–Kier alpha value is -4.35. The van der Waals surface area contributed by atoms with Crippen LogP contribution in [0.1, 0.15) is 0 Å². The summed E-state index contributed by atoms with van der Waals surface area (Å²) in [5.41, 5.74) is 4.86. The molecule has 6 rings (SSSR count). The summed E-state index contributed by atoms with van der Waals surface area (Å²) in [4.78, 5) is 8.82. The minimum Gasteiger partial charge on any atom is -0.354 e. The Kier molecular flexibility index (Phi) is 2.61. The third-order valence-electron chi connectivity index (χ3n) is 4.12. The molecule has 6 heterocycles. The Morgan fingerprint density at radius 2 is 1.74 bits per heavy atom. The number of rotatable bonds is 2. The fourth-order valence-corrected chi connectivity index (χ4v) is 2.91. The highest BCUT2D eigenvalue weighted by Crippen LogP contribution is 2.35. The lowest BCUT2D eigenvalue weighted by atomic mass is 10.1. The van der Waals surface area contributed by atoms with E-state index in [1.165, 1.54) is 6.20 Å². The van der Waals surface area contributed by atoms with Gasteiger partial charge in [-0.25, -0.2) is 9.61 Å². The minimum atomic E-state index is 0.333. The molecule has 0 bridgehead atoms. The molecular weight excluding hydrogens is 354 g/mol. The Balaban J connectivity index is 1.66. The molecule has 0 atom stereocenters. The van der Waals surface area contributed by atoms with Crippen LogP contribution < -0.4 is 0 Å². The molecule has 27 heavy (non-hydrogen) atoms. The van der Waals surface area contributed by atoms with Crippen molar-refractivity contribution in [1.29, 1.82) is 0 Å². The molecular formula is C15H5N9O3. The second-order valence-corrected chi connectivity index (χ2v) is 5.56. The summed E-state index contributed by atoms with van der Waals surface area (Å²) in [5.74, 6) is 0. The zero-order chi connectivity index (χ0) is 17.8. The summed E-state index contributed by atoms with van der Waals surface area (Å²) in [6.07, 6.45) is 6.21. The zero-order valence-corrected chi connectivity index (χ0v) is 13.1. The first-order valence-corrected chi connectivity index (χ1v) is 7.65. The summed E-state index contributed by atoms with van der Waals surface area (Å²) >= 11 is 0. The fourth-order valence-electron chi connectivity index (χ4n) is 2.91. The topological polar surface area (TPSA) is 155 Å². The highest BCUT2D eigenvalue weighted by molar-refractivity contribution is 6.03. The average molecular weight is 359 g/mol. The van der Waals surface area contributed by atoms with E-state index in [-0.39, 0.29) is 0 Å². The van der Waals surface area contributed by atoms with E-state index < -0.39 is 0 Å². The predicted molar refractivity (Wildman–Crippen MR) is 86.8 cm³/mol. The number of fused-ring (bicyclic) bond motifs is 3. The normalized spacial score (nSPS) is 11.7. The summed E-state index contributed by atoms with van der Waals surface area (Å²) in [6.45, 7) is 0. The minimum absolute atomic E-state index is 0.333. The maximum absolute atomic E-state index is 5.36. The van der Waals surface area contributed by atoms with Crippen molar-refractivity contribution in [3.63, 3.8) is 0 Å². The lowest BCUT2D eigenvalue weighted by molar-refractivity contribution is 0.315. The molecule has 0 aliphatic carbocycles. The van der Waals surface area contributed by atoms with Crippen molar-refractivity contribution < 1.29 is 13.7 Å². The molecule has 12 heteroatoms. The van der Waals surface area contributed by atoms with Crippen molar-refractivity contribution in [2.45, 2.75) is 0 Å². The van der Waals surface area contributed by atoms with Gasteiger partial charge in [0.15, 0.2) is 16.6 Å². The molecule has 0 aliphatic rings. The van der Waals surface area contributed by atoms with Crippen molar-refractivity contribution in [2.75, 3.05) is 0 Å². The van der Waals surface area contributed by atoms with Crippen molar-refractivity contribution in [3.8, 4) is 22.5 Å². The van der Waals surface area contributed by atoms with E-state index in [2.05, 4.69) is 46.0 Å². The summed E-state index contributed by atoms with van der Waals surface area (Å²) < 4.78 is 15.4. The van der Waals surface area contributed by atoms with Gasteiger partial charge in [0.25, 0.3) is 0 Å². The number of pyridine rings is 2. The SMILES string of the molecule is c1cc2nonc2c(-c2ncc(-c3cnnc4cnoc34)c3nnoc23)n1. The van der Waals surface area contributed by atoms with Crippen molar-refractivity contribution >= 4 is 33.2 Å². The van der Waals surface area contributed by atoms with Gasteiger partial charge in [-0.1, -0.05) is 5.16 Å². The largest absolute Gasteiger partial charge is 0.354 e. The lowest BCUT2D eigenvalue weighted by Crippen LogP contribution is -1.93. The maximum Gasteiger partial charge on any atom is 0.216 e. The monoisotopic (exact) mass is 359 g/mol. The molecule has 0 N–H and O–H groups in total. The number of nitrogens with zero attached hydrogens (tertiary/aromatic N) is 9. The van der Waals surface area contributed by atoms with Gasteiger partial charge in [-0.3, -0.25) is 4.98 Å². The smallest absolute Gasteiger partial charge is 0.216 e. The van der Waals surface area contributed by atoms with E-state index in [1.807, 2.05) is 0 Å². The van der Waals surface area contributed by atoms with Crippen LogP contribution in [-0.2, 0) is 0 Å². The first-order chi connectivity index (χ1) is 13.4. The van der Waals surface area contributed by atoms with Gasteiger partial charge in [-0.2, -0.15) is 5.10 Å². The molecule has 12 nitrogen and oxygen atoms in total. The van der Waals surface area contributed by atoms with Crippen LogP contribution in [0.4, 0.5) is 0 Å². The molecule has 6 aromatic rings. The highest BCUT2D eigenvalue weighted by Gasteiger charge is 2.22. The molecule has 0 saturated heterocycles. The van der Waals surface area contributed by atoms with E-state index in [1.54, 1.807) is 24.7 Å². The van der Waals surface area contributed by atoms with E-state index in [0.717, 1.165) is 0 Å². The van der Waals surface area contributed by atoms with Crippen molar-refractivity contribution in [2.24, 2.45) is 0 Å². The molecule has 0 radical (unpaired) electrons. The van der Waals surface area contributed by atoms with Crippen LogP contribution in [0.5, 0.6) is 0 Å². The van der Waals surface area contributed by atoms with Gasteiger partial charge in [0.2, 0.25) is 5.58 Å². The standard InChI is InChI=1S/C15H5N9O3/c1-2-16-12(11-8(1)22-27-23-11)13-15-10(21-24-26-15)6(3-17-13)7-4-18-20-9-5-19-25-14(7)9/h1-5H. The molecule has 0 amide bonds. The van der Waals surface area contributed by atoms with Gasteiger partial charge < -0.3 is 9.05 Å². The lowest BCUT2D eigenvalue weighted by Gasteiger charge is -2.04. The van der Waals surface area contributed by atoms with E-state index in [9.17, 15) is 0 Å². The quantitative estimate of drug-likeness (QED) is 0.442. The van der Waals surface area contributed by atoms with Crippen LogP contribution in [-0.4, -0.2) is 46.0 Å². The van der Waals surface area contributed by atoms with E-state index >= 15 is 0 Å². The second-order valence-electron chi connectivity index (χ2n) is 5.56. The van der Waals surface area contributed by atoms with Gasteiger partial charge in [0.05, 0.1) is 18.0 Å². The van der Waals surface area contributed by atoms with Gasteiger partial charge >= 0.3 is 0 Å². The van der Waals surface area contributed by atoms with Gasteiger partial charge in [0.1, 0.15) is 22.4 Å². The van der Waals surface area contributed by atoms with Gasteiger partial charge in [0, 0.05) is 23.2 Å². The molecule has 0 spiro atoms. The first kappa shape index (κ1) is 13.9. The third-order valence-corrected chi connectivity index (χ3v) is 4.12. The van der Waals surface area contributed by atoms with Crippen LogP contribution in [0.3, 0.4) is 0 Å². The second kappa shape index (κ2) is 5.08. The van der Waals surface area contributed by atoms with E-state index in [0.29, 0.717) is 55.7 Å². The summed E-state index contributed by atoms with van der Waals surface area (Å²) in [6, 6.07) is 1.68. The van der Waals surface area contributed by atoms with Crippen LogP contribution in [0.25, 0.3) is 55.7 Å². The predicted octanol–water partition coefficient (Wildman–Crippen LogP) is 1.81. The molecule has 0 aromatic carbocycles. The highest BCUT2D eigenvalue weighted by atomic mass is 16.6. The molecule has 0 aliphatic heterocycles. The molecule has 128 valence electrons. The van der Waals surface area contributed by atoms with Crippen molar-refractivity contribution in [1.82, 2.24) is 46.0 Å². The molecule has 0 fully saturated rings. The molecule has 6 aromatic heterocycles. The van der Waals surface area contributed by atoms with Gasteiger partial charge in [-0.15, -0.1) is 10.2 Å². The van der Waals surface area contributed by atoms with Crippen LogP contribution in [0, 0.1) is 0 Å². The van der Waals surface area contributed by atoms with E-state index in [4.69, 9.17) is 13.7 Å². The van der Waals surface area contributed by atoms with Crippen LogP contribution in [0.2, 0.25) is 0 Å². The average Bonchev–Trinajstić information content (AvgIpc) is 3.46. The summed E-state index contributed by atoms with van der Waals surface area (Å²) in [5, 5.41) is 27.2. The number of hydrogen-bond acceptors (Lipinski definition) is 12. The number of hydrogen-bond donors (Lipinski definition) is 0. The zero-order valence-electron chi connectivity index (χ0n) is 13.1. The Bertz CT molecular complexity index is 1340. The Morgan fingerprint density at radius 1 is 0.741 bits per heavy atom. The maximum atomic E-state index is 5.36. The Morgan fingerprint density at radius 3 is 2.74 bits per heavy atom. The molecule has 0 unspecified atom stereocenters. The number of aromatic nitrogens is 9. The third kappa shape index (κ3) is 1.88.